The first-order valence-electron chi connectivity index (χ1n) is 5.12. The van der Waals surface area contributed by atoms with Gasteiger partial charge in [-0.1, -0.05) is 11.6 Å². The second kappa shape index (κ2) is 4.73. The van der Waals surface area contributed by atoms with E-state index in [0.29, 0.717) is 12.1 Å². The van der Waals surface area contributed by atoms with Crippen LogP contribution in [0.15, 0.2) is 22.7 Å². The van der Waals surface area contributed by atoms with E-state index in [1.165, 1.54) is 0 Å². The van der Waals surface area contributed by atoms with Crippen molar-refractivity contribution in [2.45, 2.75) is 31.3 Å². The number of halogens is 2. The van der Waals surface area contributed by atoms with Gasteiger partial charge in [0.2, 0.25) is 0 Å². The molecule has 1 aliphatic rings. The van der Waals surface area contributed by atoms with Crippen molar-refractivity contribution in [1.29, 1.82) is 0 Å². The van der Waals surface area contributed by atoms with Crippen molar-refractivity contribution in [3.8, 4) is 0 Å². The number of nitrogens with one attached hydrogen (secondary N) is 1. The fraction of sp³-hybridized carbons (Fsp3) is 0.455. The van der Waals surface area contributed by atoms with Gasteiger partial charge in [0.1, 0.15) is 0 Å². The molecule has 0 amide bonds. The maximum Gasteiger partial charge on any atom is 0.0501 e. The Kier molecular flexibility index (Phi) is 3.54. The van der Waals surface area contributed by atoms with Gasteiger partial charge in [-0.05, 0) is 53.4 Å². The second-order valence-corrected chi connectivity index (χ2v) is 5.33. The first kappa shape index (κ1) is 11.2. The van der Waals surface area contributed by atoms with Crippen LogP contribution in [0.2, 0.25) is 5.02 Å². The van der Waals surface area contributed by atoms with Gasteiger partial charge in [0, 0.05) is 21.6 Å². The van der Waals surface area contributed by atoms with E-state index in [9.17, 15) is 0 Å². The van der Waals surface area contributed by atoms with Gasteiger partial charge in [0.25, 0.3) is 0 Å². The molecule has 0 heterocycles. The molecule has 0 spiro atoms. The third kappa shape index (κ3) is 2.86. The minimum absolute atomic E-state index is 0.348. The van der Waals surface area contributed by atoms with Gasteiger partial charge < -0.3 is 11.1 Å². The lowest BCUT2D eigenvalue weighted by atomic mass is 10.2. The molecular formula is C11H14BrClN2. The summed E-state index contributed by atoms with van der Waals surface area (Å²) >= 11 is 9.45. The number of anilines is 1. The van der Waals surface area contributed by atoms with E-state index in [0.717, 1.165) is 34.4 Å². The minimum atomic E-state index is 0.348. The fourth-order valence-corrected chi connectivity index (χ4v) is 2.51. The molecule has 0 bridgehead atoms. The molecule has 1 aliphatic carbocycles. The maximum atomic E-state index is 5.95. The van der Waals surface area contributed by atoms with Gasteiger partial charge in [-0.2, -0.15) is 0 Å². The van der Waals surface area contributed by atoms with Gasteiger partial charge >= 0.3 is 0 Å². The summed E-state index contributed by atoms with van der Waals surface area (Å²) in [5.41, 5.74) is 6.93. The average molecular weight is 290 g/mol. The molecule has 2 nitrogen and oxygen atoms in total. The lowest BCUT2D eigenvalue weighted by molar-refractivity contribution is 0.688. The van der Waals surface area contributed by atoms with Crippen LogP contribution in [0.3, 0.4) is 0 Å². The zero-order valence-corrected chi connectivity index (χ0v) is 10.7. The summed E-state index contributed by atoms with van der Waals surface area (Å²) in [7, 11) is 0. The summed E-state index contributed by atoms with van der Waals surface area (Å²) < 4.78 is 1.05. The first-order valence-corrected chi connectivity index (χ1v) is 6.29. The predicted molar refractivity (Wildman–Crippen MR) is 68.4 cm³/mol. The summed E-state index contributed by atoms with van der Waals surface area (Å²) in [4.78, 5) is 0. The molecule has 0 radical (unpaired) electrons. The van der Waals surface area contributed by atoms with Crippen LogP contribution in [0, 0.1) is 0 Å². The van der Waals surface area contributed by atoms with E-state index in [1.54, 1.807) is 0 Å². The lowest BCUT2D eigenvalue weighted by Crippen LogP contribution is -2.20. The van der Waals surface area contributed by atoms with Gasteiger partial charge in [-0.3, -0.25) is 0 Å². The highest BCUT2D eigenvalue weighted by Gasteiger charge is 2.21. The van der Waals surface area contributed by atoms with Gasteiger partial charge in [0.15, 0.2) is 0 Å². The number of hydrogen-bond donors (Lipinski definition) is 2. The predicted octanol–water partition coefficient (Wildman–Crippen LogP) is 3.39. The normalized spacial score (nSPS) is 25.5. The van der Waals surface area contributed by atoms with E-state index in [4.69, 9.17) is 17.3 Å². The highest BCUT2D eigenvalue weighted by atomic mass is 79.9. The number of benzene rings is 1. The Labute approximate surface area is 103 Å². The smallest absolute Gasteiger partial charge is 0.0501 e. The van der Waals surface area contributed by atoms with Crippen LogP contribution in [0.1, 0.15) is 19.3 Å². The van der Waals surface area contributed by atoms with Gasteiger partial charge in [0.05, 0.1) is 5.69 Å². The Morgan fingerprint density at radius 2 is 2.20 bits per heavy atom. The molecular weight excluding hydrogens is 275 g/mol. The van der Waals surface area contributed by atoms with Gasteiger partial charge in [-0.25, -0.2) is 0 Å². The van der Waals surface area contributed by atoms with Crippen molar-refractivity contribution in [2.75, 3.05) is 5.32 Å². The zero-order chi connectivity index (χ0) is 10.8. The molecule has 1 aromatic rings. The summed E-state index contributed by atoms with van der Waals surface area (Å²) in [6, 6.07) is 6.60. The summed E-state index contributed by atoms with van der Waals surface area (Å²) in [5.74, 6) is 0. The van der Waals surface area contributed by atoms with Crippen LogP contribution in [0.25, 0.3) is 0 Å². The minimum Gasteiger partial charge on any atom is -0.381 e. The molecule has 1 aromatic carbocycles. The number of rotatable bonds is 2. The molecule has 0 aliphatic heterocycles. The SMILES string of the molecule is NC1CCC(Nc2cc(Cl)ccc2Br)C1. The monoisotopic (exact) mass is 288 g/mol. The van der Waals surface area contributed by atoms with E-state index in [1.807, 2.05) is 18.2 Å². The largest absolute Gasteiger partial charge is 0.381 e. The topological polar surface area (TPSA) is 38.0 Å². The lowest BCUT2D eigenvalue weighted by Gasteiger charge is -2.15. The Hall–Kier alpha value is -0.250. The molecule has 1 fully saturated rings. The van der Waals surface area contributed by atoms with Crippen LogP contribution in [0.5, 0.6) is 0 Å². The molecule has 2 unspecified atom stereocenters. The molecule has 0 aromatic heterocycles. The number of hydrogen-bond acceptors (Lipinski definition) is 2. The molecule has 15 heavy (non-hydrogen) atoms. The third-order valence-corrected chi connectivity index (χ3v) is 3.69. The van der Waals surface area contributed by atoms with Crippen molar-refractivity contribution in [3.05, 3.63) is 27.7 Å². The second-order valence-electron chi connectivity index (χ2n) is 4.04. The van der Waals surface area contributed by atoms with Crippen LogP contribution >= 0.6 is 27.5 Å². The van der Waals surface area contributed by atoms with E-state index < -0.39 is 0 Å². The molecule has 0 saturated heterocycles. The highest BCUT2D eigenvalue weighted by molar-refractivity contribution is 9.10. The van der Waals surface area contributed by atoms with Gasteiger partial charge in [-0.15, -0.1) is 0 Å². The van der Waals surface area contributed by atoms with Crippen LogP contribution in [0.4, 0.5) is 5.69 Å². The average Bonchev–Trinajstić information content (AvgIpc) is 2.58. The molecule has 82 valence electrons. The first-order chi connectivity index (χ1) is 7.15. The summed E-state index contributed by atoms with van der Waals surface area (Å²) in [6.45, 7) is 0. The highest BCUT2D eigenvalue weighted by Crippen LogP contribution is 2.29. The van der Waals surface area contributed by atoms with Crippen molar-refractivity contribution in [2.24, 2.45) is 5.73 Å². The summed E-state index contributed by atoms with van der Waals surface area (Å²) in [6.07, 6.45) is 3.29. The molecule has 2 atom stereocenters. The van der Waals surface area contributed by atoms with Crippen LogP contribution in [-0.2, 0) is 0 Å². The van der Waals surface area contributed by atoms with E-state index >= 15 is 0 Å². The maximum absolute atomic E-state index is 5.95. The van der Waals surface area contributed by atoms with Crippen molar-refractivity contribution in [3.63, 3.8) is 0 Å². The quantitative estimate of drug-likeness (QED) is 0.876. The summed E-state index contributed by atoms with van der Waals surface area (Å²) in [5, 5.41) is 4.22. The van der Waals surface area contributed by atoms with Crippen molar-refractivity contribution in [1.82, 2.24) is 0 Å². The Morgan fingerprint density at radius 3 is 2.87 bits per heavy atom. The van der Waals surface area contributed by atoms with E-state index in [2.05, 4.69) is 21.2 Å². The standard InChI is InChI=1S/C11H14BrClN2/c12-10-4-1-7(13)5-11(10)15-9-3-2-8(14)6-9/h1,4-5,8-9,15H,2-3,6,14H2. The Bertz CT molecular complexity index is 356. The third-order valence-electron chi connectivity index (χ3n) is 2.76. The van der Waals surface area contributed by atoms with E-state index in [-0.39, 0.29) is 0 Å². The number of nitrogens with two attached hydrogens (primary N) is 1. The zero-order valence-electron chi connectivity index (χ0n) is 8.34. The Balaban J connectivity index is 2.07. The molecule has 1 saturated carbocycles. The van der Waals surface area contributed by atoms with Crippen LogP contribution in [-0.4, -0.2) is 12.1 Å². The molecule has 4 heteroatoms. The molecule has 3 N–H and O–H groups in total. The fourth-order valence-electron chi connectivity index (χ4n) is 1.98. The van der Waals surface area contributed by atoms with Crippen molar-refractivity contribution < 1.29 is 0 Å². The van der Waals surface area contributed by atoms with Crippen LogP contribution < -0.4 is 11.1 Å². The molecule has 2 rings (SSSR count). The van der Waals surface area contributed by atoms with Crippen molar-refractivity contribution >= 4 is 33.2 Å². The Morgan fingerprint density at radius 1 is 1.40 bits per heavy atom.